The zero-order valence-corrected chi connectivity index (χ0v) is 14.5. The van der Waals surface area contributed by atoms with Crippen LogP contribution >= 0.6 is 0 Å². The van der Waals surface area contributed by atoms with Gasteiger partial charge in [-0.15, -0.1) is 0 Å². The fraction of sp³-hybridized carbons (Fsp3) is 0.286. The Morgan fingerprint density at radius 3 is 2.26 bits per heavy atom. The number of hydrogen-bond acceptors (Lipinski definition) is 5. The minimum atomic E-state index is -1.10. The maximum Gasteiger partial charge on any atom is 0.338 e. The summed E-state index contributed by atoms with van der Waals surface area (Å²) in [6.45, 7) is 0. The number of rotatable bonds is 6. The second-order valence-electron chi connectivity index (χ2n) is 6.67. The Labute approximate surface area is 156 Å². The molecule has 1 aliphatic carbocycles. The molecule has 0 spiro atoms. The molecule has 1 aliphatic rings. The molecule has 0 radical (unpaired) electrons. The van der Waals surface area contributed by atoms with E-state index in [1.807, 2.05) is 30.3 Å². The van der Waals surface area contributed by atoms with Crippen LogP contribution in [0.5, 0.6) is 0 Å². The van der Waals surface area contributed by atoms with E-state index in [9.17, 15) is 19.5 Å². The third-order valence-corrected chi connectivity index (χ3v) is 4.95. The van der Waals surface area contributed by atoms with Crippen LogP contribution in [0.2, 0.25) is 0 Å². The van der Waals surface area contributed by atoms with E-state index in [4.69, 9.17) is 9.84 Å². The maximum absolute atomic E-state index is 12.4. The highest BCUT2D eigenvalue weighted by Crippen LogP contribution is 2.36. The first-order valence-corrected chi connectivity index (χ1v) is 8.71. The fourth-order valence-electron chi connectivity index (χ4n) is 3.53. The zero-order valence-electron chi connectivity index (χ0n) is 14.5. The Morgan fingerprint density at radius 2 is 1.67 bits per heavy atom. The van der Waals surface area contributed by atoms with Gasteiger partial charge in [-0.25, -0.2) is 4.79 Å². The van der Waals surface area contributed by atoms with Crippen molar-refractivity contribution in [1.29, 1.82) is 0 Å². The van der Waals surface area contributed by atoms with Crippen molar-refractivity contribution in [2.75, 3.05) is 0 Å². The number of aliphatic carboxylic acids is 1. The van der Waals surface area contributed by atoms with Crippen molar-refractivity contribution in [2.24, 2.45) is 11.8 Å². The number of hydrogen-bond donors (Lipinski definition) is 2. The van der Waals surface area contributed by atoms with Crippen molar-refractivity contribution >= 4 is 18.2 Å². The molecule has 0 aliphatic heterocycles. The summed E-state index contributed by atoms with van der Waals surface area (Å²) in [5.41, 5.74) is 2.31. The molecule has 140 valence electrons. The number of aldehydes is 1. The monoisotopic (exact) mass is 368 g/mol. The first-order chi connectivity index (χ1) is 13.0. The normalized spacial score (nSPS) is 24.3. The highest BCUT2D eigenvalue weighted by Gasteiger charge is 2.45. The molecule has 2 aromatic carbocycles. The Morgan fingerprint density at radius 1 is 1.04 bits per heavy atom. The lowest BCUT2D eigenvalue weighted by Crippen LogP contribution is -2.28. The molecule has 27 heavy (non-hydrogen) atoms. The summed E-state index contributed by atoms with van der Waals surface area (Å²) in [6.07, 6.45) is -1.54. The topological polar surface area (TPSA) is 101 Å². The molecule has 1 fully saturated rings. The van der Waals surface area contributed by atoms with E-state index < -0.39 is 36.0 Å². The number of ether oxygens (including phenoxy) is 1. The van der Waals surface area contributed by atoms with Gasteiger partial charge in [-0.3, -0.25) is 4.79 Å². The molecule has 6 heteroatoms. The van der Waals surface area contributed by atoms with Gasteiger partial charge in [-0.1, -0.05) is 42.5 Å². The van der Waals surface area contributed by atoms with Crippen molar-refractivity contribution < 1.29 is 29.3 Å². The highest BCUT2D eigenvalue weighted by atomic mass is 16.5. The largest absolute Gasteiger partial charge is 0.481 e. The van der Waals surface area contributed by atoms with Gasteiger partial charge < -0.3 is 19.7 Å². The van der Waals surface area contributed by atoms with Crippen molar-refractivity contribution in [1.82, 2.24) is 0 Å². The smallest absolute Gasteiger partial charge is 0.338 e. The van der Waals surface area contributed by atoms with Crippen LogP contribution in [0.3, 0.4) is 0 Å². The van der Waals surface area contributed by atoms with Crippen LogP contribution in [-0.2, 0) is 14.3 Å². The second-order valence-corrected chi connectivity index (χ2v) is 6.67. The van der Waals surface area contributed by atoms with Gasteiger partial charge in [0.2, 0.25) is 0 Å². The lowest BCUT2D eigenvalue weighted by atomic mass is 9.92. The number of aliphatic hydroxyl groups is 1. The number of carboxylic acids is 1. The Kier molecular flexibility index (Phi) is 5.66. The number of carbonyl (C=O) groups is 3. The van der Waals surface area contributed by atoms with Gasteiger partial charge in [0.25, 0.3) is 0 Å². The molecule has 4 unspecified atom stereocenters. The van der Waals surface area contributed by atoms with Gasteiger partial charge in [0.05, 0.1) is 24.0 Å². The van der Waals surface area contributed by atoms with E-state index in [-0.39, 0.29) is 12.8 Å². The van der Waals surface area contributed by atoms with Crippen LogP contribution in [0.15, 0.2) is 54.6 Å². The summed E-state index contributed by atoms with van der Waals surface area (Å²) in [5, 5.41) is 19.0. The molecule has 6 nitrogen and oxygen atoms in total. The quantitative estimate of drug-likeness (QED) is 0.600. The van der Waals surface area contributed by atoms with Gasteiger partial charge in [-0.2, -0.15) is 0 Å². The van der Waals surface area contributed by atoms with Gasteiger partial charge >= 0.3 is 11.9 Å². The van der Waals surface area contributed by atoms with Crippen molar-refractivity contribution in [2.45, 2.75) is 25.0 Å². The molecule has 0 saturated heterocycles. The molecule has 0 aromatic heterocycles. The molecule has 2 aromatic rings. The van der Waals surface area contributed by atoms with Gasteiger partial charge in [0.1, 0.15) is 12.4 Å². The zero-order chi connectivity index (χ0) is 19.4. The average Bonchev–Trinajstić information content (AvgIpc) is 2.96. The van der Waals surface area contributed by atoms with Gasteiger partial charge in [0.15, 0.2) is 0 Å². The van der Waals surface area contributed by atoms with E-state index in [0.29, 0.717) is 11.8 Å². The molecule has 0 amide bonds. The van der Waals surface area contributed by atoms with Crippen molar-refractivity contribution in [3.05, 3.63) is 60.2 Å². The van der Waals surface area contributed by atoms with Gasteiger partial charge in [-0.05, 0) is 23.3 Å². The molecule has 1 saturated carbocycles. The Bertz CT molecular complexity index is 814. The fourth-order valence-corrected chi connectivity index (χ4v) is 3.53. The number of carboxylic acid groups (broad SMARTS) is 1. The Balaban J connectivity index is 1.69. The minimum Gasteiger partial charge on any atom is -0.481 e. The lowest BCUT2D eigenvalue weighted by molar-refractivity contribution is -0.139. The van der Waals surface area contributed by atoms with Crippen molar-refractivity contribution in [3.63, 3.8) is 0 Å². The maximum atomic E-state index is 12.4. The number of esters is 1. The second kappa shape index (κ2) is 8.14. The lowest BCUT2D eigenvalue weighted by Gasteiger charge is -2.19. The third kappa shape index (κ3) is 4.23. The summed E-state index contributed by atoms with van der Waals surface area (Å²) >= 11 is 0. The van der Waals surface area contributed by atoms with Crippen LogP contribution < -0.4 is 0 Å². The van der Waals surface area contributed by atoms with Crippen LogP contribution in [0, 0.1) is 11.8 Å². The van der Waals surface area contributed by atoms with Crippen LogP contribution in [0.4, 0.5) is 0 Å². The van der Waals surface area contributed by atoms with E-state index in [0.717, 1.165) is 11.1 Å². The highest BCUT2D eigenvalue weighted by molar-refractivity contribution is 5.90. The van der Waals surface area contributed by atoms with E-state index in [2.05, 4.69) is 0 Å². The molecule has 4 atom stereocenters. The number of aliphatic hydroxyl groups excluding tert-OH is 1. The molecule has 2 N–H and O–H groups in total. The number of benzene rings is 2. The molecule has 3 rings (SSSR count). The summed E-state index contributed by atoms with van der Waals surface area (Å²) in [5.74, 6) is -3.29. The van der Waals surface area contributed by atoms with Crippen LogP contribution in [0.25, 0.3) is 11.1 Å². The van der Waals surface area contributed by atoms with Crippen LogP contribution in [-0.4, -0.2) is 40.6 Å². The first-order valence-electron chi connectivity index (χ1n) is 8.71. The summed E-state index contributed by atoms with van der Waals surface area (Å²) in [7, 11) is 0. The van der Waals surface area contributed by atoms with Crippen molar-refractivity contribution in [3.8, 4) is 11.1 Å². The minimum absolute atomic E-state index is 0.0508. The summed E-state index contributed by atoms with van der Waals surface area (Å²) in [4.78, 5) is 34.7. The third-order valence-electron chi connectivity index (χ3n) is 4.95. The SMILES string of the molecule is O=CC1C(OC(=O)c2ccc(-c3ccccc3)cc2)CC(O)C1CC(=O)O. The predicted molar refractivity (Wildman–Crippen MR) is 97.0 cm³/mol. The predicted octanol–water partition coefficient (Wildman–Crippen LogP) is 2.55. The van der Waals surface area contributed by atoms with E-state index in [1.165, 1.54) is 0 Å². The molecule has 0 bridgehead atoms. The molecular formula is C21H20O6. The van der Waals surface area contributed by atoms with E-state index in [1.54, 1.807) is 24.3 Å². The average molecular weight is 368 g/mol. The molecular weight excluding hydrogens is 348 g/mol. The first kappa shape index (κ1) is 18.8. The summed E-state index contributed by atoms with van der Waals surface area (Å²) < 4.78 is 5.41. The summed E-state index contributed by atoms with van der Waals surface area (Å²) in [6, 6.07) is 16.6. The van der Waals surface area contributed by atoms with Crippen LogP contribution in [0.1, 0.15) is 23.2 Å². The van der Waals surface area contributed by atoms with Gasteiger partial charge in [0, 0.05) is 12.3 Å². The van der Waals surface area contributed by atoms with E-state index >= 15 is 0 Å². The number of carbonyl (C=O) groups excluding carboxylic acids is 2. The molecule has 0 heterocycles. The Hall–Kier alpha value is -2.99. The standard InChI is InChI=1S/C21H20O6/c22-12-17-16(10-20(24)25)18(23)11-19(17)27-21(26)15-8-6-14(7-9-15)13-4-2-1-3-5-13/h1-9,12,16-19,23H,10-11H2,(H,24,25).